The molecule has 0 spiro atoms. The molecule has 86 valence electrons. The van der Waals surface area contributed by atoms with Gasteiger partial charge in [-0.3, -0.25) is 0 Å². The fourth-order valence-corrected chi connectivity index (χ4v) is 1.18. The molecule has 0 radical (unpaired) electrons. The van der Waals surface area contributed by atoms with Crippen molar-refractivity contribution in [1.82, 2.24) is 4.90 Å². The van der Waals surface area contributed by atoms with Crippen LogP contribution in [0.5, 0.6) is 0 Å². The molecule has 0 aromatic rings. The average molecular weight is 212 g/mol. The van der Waals surface area contributed by atoms with Gasteiger partial charge in [-0.15, -0.1) is 0 Å². The molecule has 0 atom stereocenters. The molecule has 0 aromatic heterocycles. The molecule has 0 fully saturated rings. The lowest BCUT2D eigenvalue weighted by atomic mass is 10.3. The Hall–Kier alpha value is -0.290. The largest absolute Gasteiger partial charge is 0.390 e. The number of rotatable bonds is 7. The van der Waals surface area contributed by atoms with E-state index in [9.17, 15) is 13.2 Å². The van der Waals surface area contributed by atoms with Gasteiger partial charge in [0.2, 0.25) is 0 Å². The molecule has 0 aromatic carbocycles. The molecule has 0 saturated heterocycles. The van der Waals surface area contributed by atoms with E-state index in [1.165, 1.54) is 0 Å². The Morgan fingerprint density at radius 2 is 1.79 bits per heavy atom. The molecule has 0 bridgehead atoms. The summed E-state index contributed by atoms with van der Waals surface area (Å²) in [6.07, 6.45) is -2.87. The molecule has 0 saturated carbocycles. The summed E-state index contributed by atoms with van der Waals surface area (Å²) in [4.78, 5) is 1.77. The van der Waals surface area contributed by atoms with E-state index >= 15 is 0 Å². The molecule has 0 aliphatic carbocycles. The van der Waals surface area contributed by atoms with Crippen molar-refractivity contribution in [2.75, 3.05) is 26.2 Å². The van der Waals surface area contributed by atoms with Crippen molar-refractivity contribution in [2.45, 2.75) is 32.4 Å². The number of hydrogen-bond donors (Lipinski definition) is 1. The minimum Gasteiger partial charge on any atom is -0.329 e. The maximum atomic E-state index is 11.9. The quantitative estimate of drug-likeness (QED) is 0.699. The highest BCUT2D eigenvalue weighted by atomic mass is 19.4. The predicted octanol–water partition coefficient (Wildman–Crippen LogP) is 2.00. The summed E-state index contributed by atoms with van der Waals surface area (Å²) in [7, 11) is 0. The summed E-state index contributed by atoms with van der Waals surface area (Å²) in [5.41, 5.74) is 5.32. The number of unbranched alkanes of at least 4 members (excludes halogenated alkanes) is 1. The zero-order valence-corrected chi connectivity index (χ0v) is 8.61. The summed E-state index contributed by atoms with van der Waals surface area (Å²) < 4.78 is 35.8. The van der Waals surface area contributed by atoms with E-state index in [0.717, 1.165) is 12.8 Å². The first-order valence-electron chi connectivity index (χ1n) is 4.98. The van der Waals surface area contributed by atoms with Gasteiger partial charge in [0, 0.05) is 19.6 Å². The fourth-order valence-electron chi connectivity index (χ4n) is 1.18. The van der Waals surface area contributed by atoms with Gasteiger partial charge in [-0.2, -0.15) is 13.2 Å². The number of nitrogens with two attached hydrogens (primary N) is 1. The maximum absolute atomic E-state index is 11.9. The summed E-state index contributed by atoms with van der Waals surface area (Å²) in [5, 5.41) is 0. The summed E-state index contributed by atoms with van der Waals surface area (Å²) >= 11 is 0. The van der Waals surface area contributed by atoms with Crippen LogP contribution in [0.4, 0.5) is 13.2 Å². The minimum absolute atomic E-state index is 0.0701. The summed E-state index contributed by atoms with van der Waals surface area (Å²) in [6.45, 7) is 3.77. The average Bonchev–Trinajstić information content (AvgIpc) is 2.08. The third kappa shape index (κ3) is 8.31. The number of halogens is 3. The SMILES string of the molecule is CCCCN(CCN)CCC(F)(F)F. The molecule has 0 unspecified atom stereocenters. The topological polar surface area (TPSA) is 29.3 Å². The second kappa shape index (κ2) is 7.06. The number of hydrogen-bond acceptors (Lipinski definition) is 2. The molecule has 14 heavy (non-hydrogen) atoms. The van der Waals surface area contributed by atoms with Gasteiger partial charge >= 0.3 is 6.18 Å². The molecule has 5 heteroatoms. The molecule has 2 N–H and O–H groups in total. The third-order valence-electron chi connectivity index (χ3n) is 1.98. The Morgan fingerprint density at radius 3 is 2.21 bits per heavy atom. The van der Waals surface area contributed by atoms with Crippen LogP contribution < -0.4 is 5.73 Å². The van der Waals surface area contributed by atoms with E-state index in [4.69, 9.17) is 5.73 Å². The Labute approximate surface area is 83.3 Å². The van der Waals surface area contributed by atoms with E-state index in [2.05, 4.69) is 0 Å². The Balaban J connectivity index is 3.72. The Kier molecular flexibility index (Phi) is 6.92. The first kappa shape index (κ1) is 13.7. The molecular formula is C9H19F3N2. The minimum atomic E-state index is -4.06. The highest BCUT2D eigenvalue weighted by Gasteiger charge is 2.27. The smallest absolute Gasteiger partial charge is 0.329 e. The van der Waals surface area contributed by atoms with Crippen molar-refractivity contribution < 1.29 is 13.2 Å². The summed E-state index contributed by atoms with van der Waals surface area (Å²) in [6, 6.07) is 0. The van der Waals surface area contributed by atoms with Crippen molar-refractivity contribution in [2.24, 2.45) is 5.73 Å². The van der Waals surface area contributed by atoms with Crippen LogP contribution in [0.15, 0.2) is 0 Å². The lowest BCUT2D eigenvalue weighted by Crippen LogP contribution is -2.33. The van der Waals surface area contributed by atoms with Crippen LogP contribution in [0.3, 0.4) is 0 Å². The second-order valence-electron chi connectivity index (χ2n) is 3.35. The standard InChI is InChI=1S/C9H19F3N2/c1-2-3-6-14(8-5-13)7-4-9(10,11)12/h2-8,13H2,1H3. The highest BCUT2D eigenvalue weighted by molar-refractivity contribution is 4.61. The van der Waals surface area contributed by atoms with Gasteiger partial charge in [0.15, 0.2) is 0 Å². The molecule has 0 rings (SSSR count). The van der Waals surface area contributed by atoms with Crippen LogP contribution >= 0.6 is 0 Å². The van der Waals surface area contributed by atoms with E-state index in [-0.39, 0.29) is 6.54 Å². The van der Waals surface area contributed by atoms with Crippen molar-refractivity contribution in [1.29, 1.82) is 0 Å². The van der Waals surface area contributed by atoms with Crippen LogP contribution in [-0.2, 0) is 0 Å². The van der Waals surface area contributed by atoms with Crippen molar-refractivity contribution in [3.63, 3.8) is 0 Å². The highest BCUT2D eigenvalue weighted by Crippen LogP contribution is 2.19. The summed E-state index contributed by atoms with van der Waals surface area (Å²) in [5.74, 6) is 0. The van der Waals surface area contributed by atoms with Crippen molar-refractivity contribution in [3.8, 4) is 0 Å². The zero-order chi connectivity index (χ0) is 11.0. The number of nitrogens with zero attached hydrogens (tertiary/aromatic N) is 1. The maximum Gasteiger partial charge on any atom is 0.390 e. The normalized spacial score (nSPS) is 12.4. The molecule has 0 aliphatic heterocycles. The molecule has 2 nitrogen and oxygen atoms in total. The third-order valence-corrected chi connectivity index (χ3v) is 1.98. The molecule has 0 aliphatic rings. The monoisotopic (exact) mass is 212 g/mol. The fraction of sp³-hybridized carbons (Fsp3) is 1.00. The Bertz CT molecular complexity index is 137. The van der Waals surface area contributed by atoms with E-state index < -0.39 is 12.6 Å². The Morgan fingerprint density at radius 1 is 1.14 bits per heavy atom. The van der Waals surface area contributed by atoms with Gasteiger partial charge in [-0.1, -0.05) is 13.3 Å². The number of alkyl halides is 3. The van der Waals surface area contributed by atoms with Crippen LogP contribution in [0.25, 0.3) is 0 Å². The van der Waals surface area contributed by atoms with Gasteiger partial charge < -0.3 is 10.6 Å². The first-order chi connectivity index (χ1) is 6.49. The predicted molar refractivity (Wildman–Crippen MR) is 51.1 cm³/mol. The molecule has 0 heterocycles. The van der Waals surface area contributed by atoms with Gasteiger partial charge in [-0.05, 0) is 13.0 Å². The molecule has 0 amide bonds. The van der Waals surface area contributed by atoms with Crippen LogP contribution in [0.1, 0.15) is 26.2 Å². The first-order valence-corrected chi connectivity index (χ1v) is 4.98. The van der Waals surface area contributed by atoms with Crippen LogP contribution in [0.2, 0.25) is 0 Å². The van der Waals surface area contributed by atoms with E-state index in [0.29, 0.717) is 19.6 Å². The van der Waals surface area contributed by atoms with Gasteiger partial charge in [0.25, 0.3) is 0 Å². The van der Waals surface area contributed by atoms with Crippen molar-refractivity contribution >= 4 is 0 Å². The lowest BCUT2D eigenvalue weighted by Gasteiger charge is -2.21. The van der Waals surface area contributed by atoms with Gasteiger partial charge in [0.05, 0.1) is 6.42 Å². The zero-order valence-electron chi connectivity index (χ0n) is 8.61. The molecular weight excluding hydrogens is 193 g/mol. The van der Waals surface area contributed by atoms with Gasteiger partial charge in [0.1, 0.15) is 0 Å². The van der Waals surface area contributed by atoms with Gasteiger partial charge in [-0.25, -0.2) is 0 Å². The van der Waals surface area contributed by atoms with Crippen LogP contribution in [-0.4, -0.2) is 37.3 Å². The van der Waals surface area contributed by atoms with Crippen LogP contribution in [0, 0.1) is 0 Å². The van der Waals surface area contributed by atoms with Crippen molar-refractivity contribution in [3.05, 3.63) is 0 Å². The van der Waals surface area contributed by atoms with E-state index in [1.54, 1.807) is 4.90 Å². The van der Waals surface area contributed by atoms with E-state index in [1.807, 2.05) is 6.92 Å². The second-order valence-corrected chi connectivity index (χ2v) is 3.35. The lowest BCUT2D eigenvalue weighted by molar-refractivity contribution is -0.137.